The fourth-order valence-corrected chi connectivity index (χ4v) is 2.48. The van der Waals surface area contributed by atoms with E-state index in [4.69, 9.17) is 4.74 Å². The Hall–Kier alpha value is -2.48. The summed E-state index contributed by atoms with van der Waals surface area (Å²) in [5.74, 6) is 0.147. The van der Waals surface area contributed by atoms with Crippen LogP contribution in [0.5, 0.6) is 5.75 Å². The molecule has 122 valence electrons. The maximum atomic E-state index is 12.0. The van der Waals surface area contributed by atoms with Gasteiger partial charge < -0.3 is 15.4 Å². The average Bonchev–Trinajstić information content (AvgIpc) is 3.02. The zero-order valence-corrected chi connectivity index (χ0v) is 13.8. The monoisotopic (exact) mass is 334 g/mol. The van der Waals surface area contributed by atoms with Crippen LogP contribution in [-0.4, -0.2) is 35.7 Å². The van der Waals surface area contributed by atoms with Crippen molar-refractivity contribution in [2.45, 2.75) is 19.8 Å². The van der Waals surface area contributed by atoms with Gasteiger partial charge in [0.25, 0.3) is 5.91 Å². The van der Waals surface area contributed by atoms with Crippen LogP contribution in [0.4, 0.5) is 5.13 Å². The first-order valence-corrected chi connectivity index (χ1v) is 7.98. The molecule has 0 saturated carbocycles. The molecule has 2 N–H and O–H groups in total. The Balaban J connectivity index is 1.77. The lowest BCUT2D eigenvalue weighted by Gasteiger charge is -2.06. The number of amides is 2. The summed E-state index contributed by atoms with van der Waals surface area (Å²) >= 11 is 1.35. The second kappa shape index (κ2) is 8.23. The molecule has 0 spiro atoms. The number of aromatic nitrogens is 2. The van der Waals surface area contributed by atoms with Crippen molar-refractivity contribution in [1.82, 2.24) is 15.5 Å². The summed E-state index contributed by atoms with van der Waals surface area (Å²) < 4.78 is 5.07. The molecule has 0 aliphatic rings. The maximum absolute atomic E-state index is 12.0. The van der Waals surface area contributed by atoms with Crippen LogP contribution in [0, 0.1) is 0 Å². The number of nitrogens with zero attached hydrogens (tertiary/aromatic N) is 2. The van der Waals surface area contributed by atoms with E-state index < -0.39 is 0 Å². The molecule has 0 saturated heterocycles. The predicted octanol–water partition coefficient (Wildman–Crippen LogP) is 1.87. The molecule has 0 aliphatic heterocycles. The Morgan fingerprint density at radius 2 is 2.13 bits per heavy atom. The van der Waals surface area contributed by atoms with Crippen LogP contribution in [0.15, 0.2) is 24.3 Å². The van der Waals surface area contributed by atoms with E-state index in [1.54, 1.807) is 31.4 Å². The van der Waals surface area contributed by atoms with Crippen LogP contribution in [0.25, 0.3) is 0 Å². The number of carbonyl (C=O) groups is 2. The van der Waals surface area contributed by atoms with E-state index in [0.29, 0.717) is 16.4 Å². The first-order valence-electron chi connectivity index (χ1n) is 7.17. The van der Waals surface area contributed by atoms with Crippen molar-refractivity contribution < 1.29 is 14.3 Å². The predicted molar refractivity (Wildman–Crippen MR) is 87.9 cm³/mol. The Labute approximate surface area is 138 Å². The molecular weight excluding hydrogens is 316 g/mol. The molecule has 23 heavy (non-hydrogen) atoms. The van der Waals surface area contributed by atoms with Gasteiger partial charge in [0.1, 0.15) is 10.8 Å². The molecular formula is C15H18N4O3S. The van der Waals surface area contributed by atoms with Crippen molar-refractivity contribution in [2.75, 3.05) is 19.0 Å². The minimum absolute atomic E-state index is 0.163. The minimum Gasteiger partial charge on any atom is -0.497 e. The van der Waals surface area contributed by atoms with Crippen molar-refractivity contribution in [1.29, 1.82) is 0 Å². The fourth-order valence-electron chi connectivity index (χ4n) is 1.78. The first kappa shape index (κ1) is 16.9. The second-order valence-corrected chi connectivity index (χ2v) is 5.70. The number of aryl methyl sites for hydroxylation is 1. The summed E-state index contributed by atoms with van der Waals surface area (Å²) in [4.78, 5) is 23.8. The summed E-state index contributed by atoms with van der Waals surface area (Å²) in [5.41, 5.74) is 0.487. The molecule has 0 bridgehead atoms. The third-order valence-electron chi connectivity index (χ3n) is 2.99. The van der Waals surface area contributed by atoms with Gasteiger partial charge in [-0.2, -0.15) is 0 Å². The van der Waals surface area contributed by atoms with Gasteiger partial charge in [-0.15, -0.1) is 10.2 Å². The zero-order valence-electron chi connectivity index (χ0n) is 13.0. The van der Waals surface area contributed by atoms with Gasteiger partial charge in [0.15, 0.2) is 0 Å². The van der Waals surface area contributed by atoms with Crippen LogP contribution < -0.4 is 15.4 Å². The number of anilines is 1. The molecule has 7 nitrogen and oxygen atoms in total. The Kier molecular flexibility index (Phi) is 6.04. The lowest BCUT2D eigenvalue weighted by molar-refractivity contribution is -0.116. The second-order valence-electron chi connectivity index (χ2n) is 4.64. The average molecular weight is 334 g/mol. The zero-order chi connectivity index (χ0) is 16.7. The molecule has 0 fully saturated rings. The standard InChI is InChI=1S/C15H18N4O3S/c1-3-13-18-19-15(23-13)17-12(20)7-8-16-14(21)10-5-4-6-11(9-10)22-2/h4-6,9H,3,7-8H2,1-2H3,(H,16,21)(H,17,19,20). The lowest BCUT2D eigenvalue weighted by atomic mass is 10.2. The van der Waals surface area contributed by atoms with Gasteiger partial charge in [0, 0.05) is 18.5 Å². The molecule has 0 aliphatic carbocycles. The molecule has 0 radical (unpaired) electrons. The smallest absolute Gasteiger partial charge is 0.251 e. The lowest BCUT2D eigenvalue weighted by Crippen LogP contribution is -2.27. The van der Waals surface area contributed by atoms with Crippen LogP contribution in [0.1, 0.15) is 28.7 Å². The summed E-state index contributed by atoms with van der Waals surface area (Å²) in [6, 6.07) is 6.83. The van der Waals surface area contributed by atoms with Gasteiger partial charge in [-0.25, -0.2) is 0 Å². The molecule has 8 heteroatoms. The van der Waals surface area contributed by atoms with Crippen molar-refractivity contribution in [2.24, 2.45) is 0 Å². The van der Waals surface area contributed by atoms with E-state index in [1.807, 2.05) is 6.92 Å². The fraction of sp³-hybridized carbons (Fsp3) is 0.333. The molecule has 2 rings (SSSR count). The number of rotatable bonds is 7. The topological polar surface area (TPSA) is 93.2 Å². The van der Waals surface area contributed by atoms with E-state index >= 15 is 0 Å². The summed E-state index contributed by atoms with van der Waals surface area (Å²) in [7, 11) is 1.54. The molecule has 1 aromatic carbocycles. The molecule has 2 aromatic rings. The normalized spacial score (nSPS) is 10.2. The first-order chi connectivity index (χ1) is 11.1. The van der Waals surface area contributed by atoms with Crippen molar-refractivity contribution in [3.05, 3.63) is 34.8 Å². The highest BCUT2D eigenvalue weighted by molar-refractivity contribution is 7.15. The largest absolute Gasteiger partial charge is 0.497 e. The van der Waals surface area contributed by atoms with Gasteiger partial charge in [0.05, 0.1) is 7.11 Å². The number of methoxy groups -OCH3 is 1. The Morgan fingerprint density at radius 3 is 2.83 bits per heavy atom. The molecule has 0 unspecified atom stereocenters. The highest BCUT2D eigenvalue weighted by Crippen LogP contribution is 2.15. The van der Waals surface area contributed by atoms with Gasteiger partial charge in [-0.3, -0.25) is 9.59 Å². The van der Waals surface area contributed by atoms with Gasteiger partial charge in [-0.05, 0) is 24.6 Å². The van der Waals surface area contributed by atoms with Crippen LogP contribution in [-0.2, 0) is 11.2 Å². The SMILES string of the molecule is CCc1nnc(NC(=O)CCNC(=O)c2cccc(OC)c2)s1. The Morgan fingerprint density at radius 1 is 1.30 bits per heavy atom. The number of ether oxygens (including phenoxy) is 1. The Bertz CT molecular complexity index is 687. The quantitative estimate of drug-likeness (QED) is 0.806. The number of hydrogen-bond donors (Lipinski definition) is 2. The number of hydrogen-bond acceptors (Lipinski definition) is 6. The number of carbonyl (C=O) groups excluding carboxylic acids is 2. The minimum atomic E-state index is -0.249. The van der Waals surface area contributed by atoms with Gasteiger partial charge in [0.2, 0.25) is 11.0 Å². The summed E-state index contributed by atoms with van der Waals surface area (Å²) in [5, 5.41) is 14.5. The summed E-state index contributed by atoms with van der Waals surface area (Å²) in [6.07, 6.45) is 0.945. The van der Waals surface area contributed by atoms with E-state index in [-0.39, 0.29) is 24.8 Å². The van der Waals surface area contributed by atoms with E-state index in [1.165, 1.54) is 11.3 Å². The maximum Gasteiger partial charge on any atom is 0.251 e. The molecule has 1 aromatic heterocycles. The van der Waals surface area contributed by atoms with Crippen molar-refractivity contribution >= 4 is 28.3 Å². The highest BCUT2D eigenvalue weighted by Gasteiger charge is 2.09. The van der Waals surface area contributed by atoms with Gasteiger partial charge >= 0.3 is 0 Å². The van der Waals surface area contributed by atoms with Crippen LogP contribution >= 0.6 is 11.3 Å². The van der Waals surface area contributed by atoms with E-state index in [2.05, 4.69) is 20.8 Å². The van der Waals surface area contributed by atoms with Gasteiger partial charge in [-0.1, -0.05) is 24.3 Å². The van der Waals surface area contributed by atoms with Crippen LogP contribution in [0.2, 0.25) is 0 Å². The molecule has 1 heterocycles. The van der Waals surface area contributed by atoms with Crippen LogP contribution in [0.3, 0.4) is 0 Å². The van der Waals surface area contributed by atoms with E-state index in [0.717, 1.165) is 11.4 Å². The third-order valence-corrected chi connectivity index (χ3v) is 3.97. The van der Waals surface area contributed by atoms with Crippen molar-refractivity contribution in [3.8, 4) is 5.75 Å². The van der Waals surface area contributed by atoms with E-state index in [9.17, 15) is 9.59 Å². The summed E-state index contributed by atoms with van der Waals surface area (Å²) in [6.45, 7) is 2.21. The number of nitrogens with one attached hydrogen (secondary N) is 2. The van der Waals surface area contributed by atoms with Crippen molar-refractivity contribution in [3.63, 3.8) is 0 Å². The molecule has 2 amide bonds. The third kappa shape index (κ3) is 5.03. The molecule has 0 atom stereocenters. The highest BCUT2D eigenvalue weighted by atomic mass is 32.1. The number of benzene rings is 1.